The second-order valence-electron chi connectivity index (χ2n) is 3.88. The fourth-order valence-electron chi connectivity index (χ4n) is 1.63. The standard InChI is InChI=1S/C12H15N3OS/c1-15-8-10(13-14-15)7-12(16)9-3-5-11(17-2)6-4-9/h3-6,8,12,16H,7H2,1-2H3. The van der Waals surface area contributed by atoms with E-state index in [4.69, 9.17) is 0 Å². The minimum absolute atomic E-state index is 0.493. The summed E-state index contributed by atoms with van der Waals surface area (Å²) in [4.78, 5) is 1.19. The van der Waals surface area contributed by atoms with Crippen LogP contribution in [0.2, 0.25) is 0 Å². The Hall–Kier alpha value is -1.33. The Morgan fingerprint density at radius 2 is 2.06 bits per heavy atom. The van der Waals surface area contributed by atoms with Crippen molar-refractivity contribution in [2.24, 2.45) is 7.05 Å². The number of aromatic nitrogens is 3. The molecular formula is C12H15N3OS. The summed E-state index contributed by atoms with van der Waals surface area (Å²) in [7, 11) is 1.82. The number of aliphatic hydroxyl groups excluding tert-OH is 1. The zero-order valence-electron chi connectivity index (χ0n) is 9.87. The highest BCUT2D eigenvalue weighted by Gasteiger charge is 2.10. The van der Waals surface area contributed by atoms with Crippen molar-refractivity contribution in [3.8, 4) is 0 Å². The van der Waals surface area contributed by atoms with Crippen molar-refractivity contribution < 1.29 is 5.11 Å². The minimum Gasteiger partial charge on any atom is -0.388 e. The van der Waals surface area contributed by atoms with Gasteiger partial charge in [0.25, 0.3) is 0 Å². The largest absolute Gasteiger partial charge is 0.388 e. The number of hydrogen-bond acceptors (Lipinski definition) is 4. The summed E-state index contributed by atoms with van der Waals surface area (Å²) < 4.78 is 1.64. The third kappa shape index (κ3) is 3.08. The minimum atomic E-state index is -0.525. The number of thioether (sulfide) groups is 1. The Morgan fingerprint density at radius 3 is 2.59 bits per heavy atom. The van der Waals surface area contributed by atoms with Gasteiger partial charge < -0.3 is 5.11 Å². The molecule has 17 heavy (non-hydrogen) atoms. The molecule has 0 fully saturated rings. The predicted molar refractivity (Wildman–Crippen MR) is 67.9 cm³/mol. The average molecular weight is 249 g/mol. The zero-order chi connectivity index (χ0) is 12.3. The molecule has 5 heteroatoms. The first-order valence-corrected chi connectivity index (χ1v) is 6.58. The molecule has 0 spiro atoms. The van der Waals surface area contributed by atoms with Gasteiger partial charge in [-0.3, -0.25) is 4.68 Å². The lowest BCUT2D eigenvalue weighted by molar-refractivity contribution is 0.177. The van der Waals surface area contributed by atoms with Crippen molar-refractivity contribution >= 4 is 11.8 Å². The molecular weight excluding hydrogens is 234 g/mol. The quantitative estimate of drug-likeness (QED) is 0.840. The molecule has 4 nitrogen and oxygen atoms in total. The second kappa shape index (κ2) is 5.33. The molecule has 1 atom stereocenters. The van der Waals surface area contributed by atoms with Crippen molar-refractivity contribution in [1.82, 2.24) is 15.0 Å². The van der Waals surface area contributed by atoms with Crippen LogP contribution in [0.1, 0.15) is 17.4 Å². The maximum absolute atomic E-state index is 10.1. The molecule has 0 bridgehead atoms. The highest BCUT2D eigenvalue weighted by molar-refractivity contribution is 7.98. The highest BCUT2D eigenvalue weighted by Crippen LogP contribution is 2.21. The van der Waals surface area contributed by atoms with E-state index in [9.17, 15) is 5.11 Å². The van der Waals surface area contributed by atoms with Crippen LogP contribution in [0.15, 0.2) is 35.4 Å². The summed E-state index contributed by atoms with van der Waals surface area (Å²) in [6.07, 6.45) is 3.82. The zero-order valence-corrected chi connectivity index (χ0v) is 10.7. The lowest BCUT2D eigenvalue weighted by Crippen LogP contribution is -2.02. The maximum atomic E-state index is 10.1. The first-order valence-electron chi connectivity index (χ1n) is 5.36. The summed E-state index contributed by atoms with van der Waals surface area (Å²) >= 11 is 1.69. The van der Waals surface area contributed by atoms with Crippen LogP contribution in [0.25, 0.3) is 0 Å². The van der Waals surface area contributed by atoms with Crippen LogP contribution in [-0.4, -0.2) is 26.4 Å². The van der Waals surface area contributed by atoms with Gasteiger partial charge in [-0.25, -0.2) is 0 Å². The molecule has 0 aliphatic heterocycles. The highest BCUT2D eigenvalue weighted by atomic mass is 32.2. The number of aliphatic hydroxyl groups is 1. The van der Waals surface area contributed by atoms with Crippen LogP contribution < -0.4 is 0 Å². The number of nitrogens with zero attached hydrogens (tertiary/aromatic N) is 3. The van der Waals surface area contributed by atoms with E-state index in [1.807, 2.05) is 43.8 Å². The molecule has 0 saturated heterocycles. The van der Waals surface area contributed by atoms with Gasteiger partial charge in [-0.05, 0) is 24.0 Å². The SMILES string of the molecule is CSc1ccc(C(O)Cc2cn(C)nn2)cc1. The van der Waals surface area contributed by atoms with Gasteiger partial charge in [-0.2, -0.15) is 0 Å². The first-order chi connectivity index (χ1) is 8.19. The van der Waals surface area contributed by atoms with Gasteiger partial charge in [0.2, 0.25) is 0 Å². The number of benzene rings is 1. The molecule has 0 aliphatic carbocycles. The summed E-state index contributed by atoms with van der Waals surface area (Å²) in [6.45, 7) is 0. The Morgan fingerprint density at radius 1 is 1.35 bits per heavy atom. The Bertz CT molecular complexity index is 481. The van der Waals surface area contributed by atoms with E-state index in [1.165, 1.54) is 4.90 Å². The summed E-state index contributed by atoms with van der Waals surface area (Å²) in [5.74, 6) is 0. The van der Waals surface area contributed by atoms with Crippen LogP contribution in [0.5, 0.6) is 0 Å². The normalized spacial score (nSPS) is 12.6. The molecule has 1 heterocycles. The molecule has 0 radical (unpaired) electrons. The molecule has 2 rings (SSSR count). The second-order valence-corrected chi connectivity index (χ2v) is 4.76. The summed E-state index contributed by atoms with van der Waals surface area (Å²) in [5.41, 5.74) is 1.71. The maximum Gasteiger partial charge on any atom is 0.0856 e. The Kier molecular flexibility index (Phi) is 3.81. The molecule has 0 saturated carbocycles. The van der Waals surface area contributed by atoms with Crippen molar-refractivity contribution in [1.29, 1.82) is 0 Å². The lowest BCUT2D eigenvalue weighted by atomic mass is 10.1. The van der Waals surface area contributed by atoms with E-state index in [-0.39, 0.29) is 0 Å². The van der Waals surface area contributed by atoms with Crippen LogP contribution in [0, 0.1) is 0 Å². The lowest BCUT2D eigenvalue weighted by Gasteiger charge is -2.09. The third-order valence-electron chi connectivity index (χ3n) is 2.55. The van der Waals surface area contributed by atoms with Gasteiger partial charge in [0.05, 0.1) is 11.8 Å². The van der Waals surface area contributed by atoms with Crippen molar-refractivity contribution in [2.75, 3.05) is 6.26 Å². The van der Waals surface area contributed by atoms with E-state index in [2.05, 4.69) is 10.3 Å². The van der Waals surface area contributed by atoms with Crippen molar-refractivity contribution in [2.45, 2.75) is 17.4 Å². The van der Waals surface area contributed by atoms with Gasteiger partial charge >= 0.3 is 0 Å². The van der Waals surface area contributed by atoms with Gasteiger partial charge in [0, 0.05) is 24.6 Å². The molecule has 1 aromatic heterocycles. The number of aryl methyl sites for hydroxylation is 1. The van der Waals surface area contributed by atoms with Crippen LogP contribution in [0.4, 0.5) is 0 Å². The van der Waals surface area contributed by atoms with Crippen molar-refractivity contribution in [3.05, 3.63) is 41.7 Å². The molecule has 1 unspecified atom stereocenters. The molecule has 90 valence electrons. The van der Waals surface area contributed by atoms with Crippen LogP contribution in [-0.2, 0) is 13.5 Å². The molecule has 2 aromatic rings. The Labute approximate surface area is 105 Å². The van der Waals surface area contributed by atoms with Gasteiger partial charge in [0.1, 0.15) is 0 Å². The monoisotopic (exact) mass is 249 g/mol. The number of hydrogen-bond donors (Lipinski definition) is 1. The molecule has 0 amide bonds. The van der Waals surface area contributed by atoms with Gasteiger partial charge in [-0.15, -0.1) is 16.9 Å². The first kappa shape index (κ1) is 12.1. The average Bonchev–Trinajstić information content (AvgIpc) is 2.75. The molecule has 1 aromatic carbocycles. The topological polar surface area (TPSA) is 50.9 Å². The van der Waals surface area contributed by atoms with E-state index in [0.29, 0.717) is 6.42 Å². The van der Waals surface area contributed by atoms with Crippen LogP contribution in [0.3, 0.4) is 0 Å². The van der Waals surface area contributed by atoms with Crippen molar-refractivity contribution in [3.63, 3.8) is 0 Å². The third-order valence-corrected chi connectivity index (χ3v) is 3.30. The van der Waals surface area contributed by atoms with E-state index in [0.717, 1.165) is 11.3 Å². The molecule has 1 N–H and O–H groups in total. The van der Waals surface area contributed by atoms with E-state index in [1.54, 1.807) is 16.4 Å². The van der Waals surface area contributed by atoms with Crippen LogP contribution >= 0.6 is 11.8 Å². The van der Waals surface area contributed by atoms with Gasteiger partial charge in [0.15, 0.2) is 0 Å². The van der Waals surface area contributed by atoms with Gasteiger partial charge in [-0.1, -0.05) is 17.3 Å². The predicted octanol–water partition coefficient (Wildman–Crippen LogP) is 1.81. The molecule has 0 aliphatic rings. The summed E-state index contributed by atoms with van der Waals surface area (Å²) in [6, 6.07) is 7.93. The van der Waals surface area contributed by atoms with E-state index >= 15 is 0 Å². The fraction of sp³-hybridized carbons (Fsp3) is 0.333. The smallest absolute Gasteiger partial charge is 0.0856 e. The Balaban J connectivity index is 2.06. The summed E-state index contributed by atoms with van der Waals surface area (Å²) in [5, 5.41) is 17.9. The number of rotatable bonds is 4. The fourth-order valence-corrected chi connectivity index (χ4v) is 2.04. The van der Waals surface area contributed by atoms with E-state index < -0.39 is 6.10 Å².